The topological polar surface area (TPSA) is 105 Å². The van der Waals surface area contributed by atoms with E-state index in [0.29, 0.717) is 36.7 Å². The molecule has 0 bridgehead atoms. The van der Waals surface area contributed by atoms with Crippen LogP contribution in [0.25, 0.3) is 11.1 Å². The molecule has 6 rings (SSSR count). The second-order valence-electron chi connectivity index (χ2n) is 11.0. The normalized spacial score (nSPS) is 22.5. The number of anilines is 2. The summed E-state index contributed by atoms with van der Waals surface area (Å²) < 4.78 is 22.2. The molecule has 0 spiro atoms. The van der Waals surface area contributed by atoms with Crippen molar-refractivity contribution in [1.29, 1.82) is 0 Å². The first-order valence-electron chi connectivity index (χ1n) is 14.1. The van der Waals surface area contributed by atoms with E-state index in [2.05, 4.69) is 37.1 Å². The monoisotopic (exact) mass is 533 g/mol. The van der Waals surface area contributed by atoms with Crippen molar-refractivity contribution in [1.82, 2.24) is 24.9 Å². The highest BCUT2D eigenvalue weighted by Gasteiger charge is 2.32. The lowest BCUT2D eigenvalue weighted by Crippen LogP contribution is -2.38. The molecule has 0 atom stereocenters. The molecule has 3 aliphatic rings. The van der Waals surface area contributed by atoms with Gasteiger partial charge in [-0.05, 0) is 61.8 Å². The Morgan fingerprint density at radius 3 is 2.82 bits per heavy atom. The van der Waals surface area contributed by atoms with Gasteiger partial charge in [0, 0.05) is 37.7 Å². The van der Waals surface area contributed by atoms with E-state index < -0.39 is 5.67 Å². The van der Waals surface area contributed by atoms with Crippen LogP contribution in [0.1, 0.15) is 79.3 Å². The van der Waals surface area contributed by atoms with Crippen LogP contribution < -0.4 is 16.0 Å². The predicted molar refractivity (Wildman–Crippen MR) is 149 cm³/mol. The first kappa shape index (κ1) is 25.7. The second kappa shape index (κ2) is 10.9. The third kappa shape index (κ3) is 5.48. The van der Waals surface area contributed by atoms with Crippen LogP contribution in [0.15, 0.2) is 36.8 Å². The minimum atomic E-state index is -1.19. The third-order valence-electron chi connectivity index (χ3n) is 8.39. The van der Waals surface area contributed by atoms with Crippen molar-refractivity contribution in [2.24, 2.45) is 0 Å². The number of halogens is 1. The molecule has 206 valence electrons. The van der Waals surface area contributed by atoms with Crippen molar-refractivity contribution in [3.8, 4) is 0 Å². The number of aromatic nitrogens is 4. The van der Waals surface area contributed by atoms with Crippen LogP contribution in [0.2, 0.25) is 0 Å². The molecular weight excluding hydrogens is 497 g/mol. The number of alkyl halides is 1. The van der Waals surface area contributed by atoms with Crippen LogP contribution in [-0.4, -0.2) is 63.5 Å². The van der Waals surface area contributed by atoms with E-state index in [1.54, 1.807) is 24.0 Å². The van der Waals surface area contributed by atoms with E-state index in [1.165, 1.54) is 0 Å². The van der Waals surface area contributed by atoms with Crippen molar-refractivity contribution >= 4 is 28.8 Å². The highest BCUT2D eigenvalue weighted by molar-refractivity contribution is 6.01. The SMILES string of the molecule is COC1CCC(NC(=O)c2cnn3ccc(C4=CCNc5nc(NCC6(F)CCCCC6)ncc54)cc23)CC1. The maximum atomic E-state index is 15.0. The van der Waals surface area contributed by atoms with Gasteiger partial charge in [0.1, 0.15) is 11.5 Å². The molecule has 3 N–H and O–H groups in total. The van der Waals surface area contributed by atoms with E-state index >= 15 is 4.39 Å². The summed E-state index contributed by atoms with van der Waals surface area (Å²) >= 11 is 0. The highest BCUT2D eigenvalue weighted by Crippen LogP contribution is 2.34. The number of hydrogen-bond donors (Lipinski definition) is 3. The minimum absolute atomic E-state index is 0.106. The molecule has 1 amide bonds. The van der Waals surface area contributed by atoms with Crippen molar-refractivity contribution in [3.63, 3.8) is 0 Å². The Kier molecular flexibility index (Phi) is 7.20. The smallest absolute Gasteiger partial charge is 0.255 e. The molecule has 0 saturated heterocycles. The van der Waals surface area contributed by atoms with Gasteiger partial charge < -0.3 is 20.7 Å². The average Bonchev–Trinajstić information content (AvgIpc) is 3.40. The lowest BCUT2D eigenvalue weighted by Gasteiger charge is -2.29. The van der Waals surface area contributed by atoms with Gasteiger partial charge in [-0.2, -0.15) is 10.1 Å². The summed E-state index contributed by atoms with van der Waals surface area (Å²) in [6.07, 6.45) is 15.5. The lowest BCUT2D eigenvalue weighted by atomic mass is 9.86. The summed E-state index contributed by atoms with van der Waals surface area (Å²) in [5.41, 5.74) is 2.91. The summed E-state index contributed by atoms with van der Waals surface area (Å²) in [6.45, 7) is 0.832. The number of amides is 1. The molecule has 4 heterocycles. The van der Waals surface area contributed by atoms with Crippen LogP contribution >= 0.6 is 0 Å². The third-order valence-corrected chi connectivity index (χ3v) is 8.39. The molecule has 10 heteroatoms. The Hall–Kier alpha value is -3.53. The summed E-state index contributed by atoms with van der Waals surface area (Å²) in [6, 6.07) is 4.12. The molecule has 0 unspecified atom stereocenters. The van der Waals surface area contributed by atoms with E-state index in [1.807, 2.05) is 18.3 Å². The van der Waals surface area contributed by atoms with Crippen LogP contribution in [-0.2, 0) is 4.74 Å². The average molecular weight is 534 g/mol. The van der Waals surface area contributed by atoms with Crippen molar-refractivity contribution in [2.45, 2.75) is 75.6 Å². The van der Waals surface area contributed by atoms with E-state index in [-0.39, 0.29) is 24.6 Å². The van der Waals surface area contributed by atoms with Gasteiger partial charge in [-0.3, -0.25) is 4.79 Å². The van der Waals surface area contributed by atoms with Gasteiger partial charge in [-0.1, -0.05) is 25.3 Å². The van der Waals surface area contributed by atoms with Gasteiger partial charge in [0.15, 0.2) is 0 Å². The van der Waals surface area contributed by atoms with Crippen LogP contribution in [0, 0.1) is 0 Å². The van der Waals surface area contributed by atoms with Gasteiger partial charge in [0.05, 0.1) is 29.9 Å². The standard InChI is InChI=1S/C29H36FN7O2/c1-39-21-7-5-20(6-8-21)35-27(38)24-17-34-37-14-10-19(15-25(24)37)22-9-13-31-26-23(22)16-32-28(36-26)33-18-29(30)11-3-2-4-12-29/h9-10,14-17,20-21H,2-8,11-13,18H2,1H3,(H,35,38)(H2,31,32,33,36). The van der Waals surface area contributed by atoms with Crippen molar-refractivity contribution < 1.29 is 13.9 Å². The number of hydrogen-bond acceptors (Lipinski definition) is 7. The van der Waals surface area contributed by atoms with Crippen LogP contribution in [0.3, 0.4) is 0 Å². The quantitative estimate of drug-likeness (QED) is 0.402. The largest absolute Gasteiger partial charge is 0.381 e. The Balaban J connectivity index is 1.19. The summed E-state index contributed by atoms with van der Waals surface area (Å²) in [4.78, 5) is 22.3. The maximum absolute atomic E-state index is 15.0. The van der Waals surface area contributed by atoms with Gasteiger partial charge in [-0.25, -0.2) is 13.9 Å². The highest BCUT2D eigenvalue weighted by atomic mass is 19.1. The van der Waals surface area contributed by atoms with Crippen LogP contribution in [0.4, 0.5) is 16.2 Å². The first-order valence-corrected chi connectivity index (χ1v) is 14.1. The number of nitrogens with one attached hydrogen (secondary N) is 3. The lowest BCUT2D eigenvalue weighted by molar-refractivity contribution is 0.0599. The molecule has 0 aromatic carbocycles. The molecule has 1 aliphatic heterocycles. The summed E-state index contributed by atoms with van der Waals surface area (Å²) in [5.74, 6) is 1.03. The van der Waals surface area contributed by atoms with Crippen molar-refractivity contribution in [3.05, 3.63) is 53.5 Å². The molecule has 3 aromatic heterocycles. The maximum Gasteiger partial charge on any atom is 0.255 e. The number of carbonyl (C=O) groups is 1. The zero-order chi connectivity index (χ0) is 26.8. The van der Waals surface area contributed by atoms with Crippen molar-refractivity contribution in [2.75, 3.05) is 30.8 Å². The molecule has 2 saturated carbocycles. The fourth-order valence-corrected chi connectivity index (χ4v) is 6.06. The van der Waals surface area contributed by atoms with Gasteiger partial charge >= 0.3 is 0 Å². The molecule has 9 nitrogen and oxygen atoms in total. The number of pyridine rings is 1. The van der Waals surface area contributed by atoms with E-state index in [4.69, 9.17) is 4.74 Å². The fraction of sp³-hybridized carbons (Fsp3) is 0.517. The summed E-state index contributed by atoms with van der Waals surface area (Å²) in [5, 5.41) is 14.0. The number of rotatable bonds is 7. The van der Waals surface area contributed by atoms with Gasteiger partial charge in [-0.15, -0.1) is 0 Å². The fourth-order valence-electron chi connectivity index (χ4n) is 6.06. The second-order valence-corrected chi connectivity index (χ2v) is 11.0. The Morgan fingerprint density at radius 1 is 1.21 bits per heavy atom. The molecule has 0 radical (unpaired) electrons. The predicted octanol–water partition coefficient (Wildman–Crippen LogP) is 4.75. The molecular formula is C29H36FN7O2. The Labute approximate surface area is 227 Å². The zero-order valence-corrected chi connectivity index (χ0v) is 22.4. The van der Waals surface area contributed by atoms with Gasteiger partial charge in [0.2, 0.25) is 5.95 Å². The van der Waals surface area contributed by atoms with Crippen LogP contribution in [0.5, 0.6) is 0 Å². The molecule has 2 aliphatic carbocycles. The molecule has 39 heavy (non-hydrogen) atoms. The first-order chi connectivity index (χ1) is 19.0. The molecule has 2 fully saturated rings. The Bertz CT molecular complexity index is 1370. The minimum Gasteiger partial charge on any atom is -0.381 e. The number of fused-ring (bicyclic) bond motifs is 2. The number of carbonyl (C=O) groups excluding carboxylic acids is 1. The Morgan fingerprint density at radius 2 is 2.03 bits per heavy atom. The number of nitrogens with zero attached hydrogens (tertiary/aromatic N) is 4. The van der Waals surface area contributed by atoms with E-state index in [0.717, 1.165) is 67.2 Å². The zero-order valence-electron chi connectivity index (χ0n) is 22.4. The number of methoxy groups -OCH3 is 1. The molecule has 3 aromatic rings. The van der Waals surface area contributed by atoms with Gasteiger partial charge in [0.25, 0.3) is 5.91 Å². The number of ether oxygens (including phenoxy) is 1. The summed E-state index contributed by atoms with van der Waals surface area (Å²) in [7, 11) is 1.75. The van der Waals surface area contributed by atoms with E-state index in [9.17, 15) is 4.79 Å².